The number of hydrogen-bond acceptors (Lipinski definition) is 6. The molecule has 4 aromatic rings. The second-order valence-electron chi connectivity index (χ2n) is 5.47. The van der Waals surface area contributed by atoms with Crippen molar-refractivity contribution < 1.29 is 4.79 Å². The van der Waals surface area contributed by atoms with Crippen LogP contribution in [0.25, 0.3) is 16.7 Å². The summed E-state index contributed by atoms with van der Waals surface area (Å²) in [6.07, 6.45) is 6.17. The lowest BCUT2D eigenvalue weighted by molar-refractivity contribution is -0.116. The smallest absolute Gasteiger partial charge is 0.262 e. The van der Waals surface area contributed by atoms with Gasteiger partial charge in [0, 0.05) is 18.6 Å². The minimum atomic E-state index is -0.319. The second kappa shape index (κ2) is 5.78. The summed E-state index contributed by atoms with van der Waals surface area (Å²) >= 11 is 0. The first kappa shape index (κ1) is 14.9. The number of pyridine rings is 2. The zero-order chi connectivity index (χ0) is 17.4. The van der Waals surface area contributed by atoms with Crippen LogP contribution in [-0.4, -0.2) is 35.0 Å². The van der Waals surface area contributed by atoms with Crippen molar-refractivity contribution in [1.29, 1.82) is 0 Å². The highest BCUT2D eigenvalue weighted by Crippen LogP contribution is 2.10. The monoisotopic (exact) mass is 335 g/mol. The van der Waals surface area contributed by atoms with E-state index in [9.17, 15) is 9.59 Å². The maximum Gasteiger partial charge on any atom is 0.262 e. The maximum absolute atomic E-state index is 12.6. The van der Waals surface area contributed by atoms with E-state index in [2.05, 4.69) is 25.4 Å². The summed E-state index contributed by atoms with van der Waals surface area (Å²) in [5, 5.41) is 7.30. The SMILES string of the molecule is Cc1nc2ncc3c(=O)n(CC(=O)Nc4cccnc4)ccc3n2n1. The van der Waals surface area contributed by atoms with Crippen LogP contribution in [0.5, 0.6) is 0 Å². The Bertz CT molecular complexity index is 1150. The number of amides is 1. The Morgan fingerprint density at radius 2 is 2.16 bits per heavy atom. The fourth-order valence-electron chi connectivity index (χ4n) is 2.58. The molecular weight excluding hydrogens is 322 g/mol. The van der Waals surface area contributed by atoms with E-state index in [1.54, 1.807) is 37.5 Å². The van der Waals surface area contributed by atoms with E-state index in [4.69, 9.17) is 0 Å². The van der Waals surface area contributed by atoms with Crippen LogP contribution < -0.4 is 10.9 Å². The summed E-state index contributed by atoms with van der Waals surface area (Å²) in [6, 6.07) is 5.16. The molecule has 1 N–H and O–H groups in total. The van der Waals surface area contributed by atoms with Crippen LogP contribution in [0.2, 0.25) is 0 Å². The van der Waals surface area contributed by atoms with Gasteiger partial charge in [-0.2, -0.15) is 9.50 Å². The molecule has 4 rings (SSSR count). The number of fused-ring (bicyclic) bond motifs is 3. The fourth-order valence-corrected chi connectivity index (χ4v) is 2.58. The lowest BCUT2D eigenvalue weighted by Crippen LogP contribution is -2.27. The van der Waals surface area contributed by atoms with Gasteiger partial charge in [-0.1, -0.05) is 0 Å². The number of rotatable bonds is 3. The number of aromatic nitrogens is 6. The van der Waals surface area contributed by atoms with Gasteiger partial charge in [-0.15, -0.1) is 5.10 Å². The number of anilines is 1. The normalized spacial score (nSPS) is 11.1. The Labute approximate surface area is 141 Å². The van der Waals surface area contributed by atoms with E-state index in [1.807, 2.05) is 0 Å². The highest BCUT2D eigenvalue weighted by atomic mass is 16.2. The molecule has 9 heteroatoms. The molecule has 0 aromatic carbocycles. The lowest BCUT2D eigenvalue weighted by atomic mass is 10.3. The molecule has 9 nitrogen and oxygen atoms in total. The number of nitrogens with zero attached hydrogens (tertiary/aromatic N) is 6. The van der Waals surface area contributed by atoms with E-state index in [0.29, 0.717) is 28.2 Å². The van der Waals surface area contributed by atoms with Crippen LogP contribution in [0.1, 0.15) is 5.82 Å². The van der Waals surface area contributed by atoms with Crippen molar-refractivity contribution in [2.45, 2.75) is 13.5 Å². The van der Waals surface area contributed by atoms with Crippen molar-refractivity contribution in [3.05, 3.63) is 59.2 Å². The second-order valence-corrected chi connectivity index (χ2v) is 5.47. The Kier molecular flexibility index (Phi) is 3.46. The molecule has 0 saturated heterocycles. The van der Waals surface area contributed by atoms with Crippen LogP contribution in [0.15, 0.2) is 47.8 Å². The van der Waals surface area contributed by atoms with Crippen LogP contribution in [0, 0.1) is 6.92 Å². The number of nitrogens with one attached hydrogen (secondary N) is 1. The number of aryl methyl sites for hydroxylation is 1. The number of hydrogen-bond donors (Lipinski definition) is 1. The quantitative estimate of drug-likeness (QED) is 0.593. The summed E-state index contributed by atoms with van der Waals surface area (Å²) in [7, 11) is 0. The van der Waals surface area contributed by atoms with Crippen molar-refractivity contribution in [1.82, 2.24) is 29.1 Å². The largest absolute Gasteiger partial charge is 0.323 e. The van der Waals surface area contributed by atoms with Crippen molar-refractivity contribution >= 4 is 28.3 Å². The molecule has 0 atom stereocenters. The minimum absolute atomic E-state index is 0.113. The molecule has 0 bridgehead atoms. The maximum atomic E-state index is 12.6. The standard InChI is InChI=1S/C16H13N7O2/c1-10-19-16-18-8-12-13(23(16)21-10)4-6-22(15(12)25)9-14(24)20-11-3-2-5-17-7-11/h2-8H,9H2,1H3,(H,20,24). The van der Waals surface area contributed by atoms with Gasteiger partial charge >= 0.3 is 0 Å². The molecule has 124 valence electrons. The highest BCUT2D eigenvalue weighted by Gasteiger charge is 2.12. The number of carbonyl (C=O) groups excluding carboxylic acids is 1. The fraction of sp³-hybridized carbons (Fsp3) is 0.125. The molecule has 0 saturated carbocycles. The van der Waals surface area contributed by atoms with Gasteiger partial charge in [0.2, 0.25) is 5.91 Å². The Morgan fingerprint density at radius 1 is 1.28 bits per heavy atom. The van der Waals surface area contributed by atoms with E-state index >= 15 is 0 Å². The molecular formula is C16H13N7O2. The first-order valence-electron chi connectivity index (χ1n) is 7.53. The van der Waals surface area contributed by atoms with Crippen LogP contribution in [0.4, 0.5) is 5.69 Å². The Balaban J connectivity index is 1.68. The van der Waals surface area contributed by atoms with Gasteiger partial charge in [0.15, 0.2) is 0 Å². The van der Waals surface area contributed by atoms with Gasteiger partial charge in [-0.3, -0.25) is 14.6 Å². The third kappa shape index (κ3) is 2.71. The first-order chi connectivity index (χ1) is 12.1. The van der Waals surface area contributed by atoms with Gasteiger partial charge in [-0.25, -0.2) is 4.98 Å². The summed E-state index contributed by atoms with van der Waals surface area (Å²) in [5.74, 6) is 0.677. The van der Waals surface area contributed by atoms with Crippen molar-refractivity contribution in [3.63, 3.8) is 0 Å². The summed E-state index contributed by atoms with van der Waals surface area (Å²) < 4.78 is 2.84. The predicted octanol–water partition coefficient (Wildman–Crippen LogP) is 0.781. The molecule has 0 aliphatic carbocycles. The summed E-state index contributed by atoms with van der Waals surface area (Å²) in [6.45, 7) is 1.64. The van der Waals surface area contributed by atoms with Gasteiger partial charge in [0.1, 0.15) is 12.4 Å². The van der Waals surface area contributed by atoms with E-state index < -0.39 is 0 Å². The zero-order valence-electron chi connectivity index (χ0n) is 13.2. The molecule has 4 heterocycles. The molecule has 0 spiro atoms. The zero-order valence-corrected chi connectivity index (χ0v) is 13.2. The molecule has 0 fully saturated rings. The van der Waals surface area contributed by atoms with Crippen LogP contribution >= 0.6 is 0 Å². The number of carbonyl (C=O) groups is 1. The molecule has 0 unspecified atom stereocenters. The molecule has 0 aliphatic heterocycles. The summed E-state index contributed by atoms with van der Waals surface area (Å²) in [4.78, 5) is 37.0. The highest BCUT2D eigenvalue weighted by molar-refractivity contribution is 5.90. The Morgan fingerprint density at radius 3 is 2.96 bits per heavy atom. The third-order valence-electron chi connectivity index (χ3n) is 3.67. The average molecular weight is 335 g/mol. The van der Waals surface area contributed by atoms with Gasteiger partial charge in [-0.05, 0) is 25.1 Å². The van der Waals surface area contributed by atoms with E-state index in [0.717, 1.165) is 0 Å². The Hall–Kier alpha value is -3.62. The molecule has 25 heavy (non-hydrogen) atoms. The van der Waals surface area contributed by atoms with Gasteiger partial charge < -0.3 is 9.88 Å². The molecule has 0 radical (unpaired) electrons. The average Bonchev–Trinajstić information content (AvgIpc) is 2.99. The summed E-state index contributed by atoms with van der Waals surface area (Å²) in [5.41, 5.74) is 0.851. The third-order valence-corrected chi connectivity index (χ3v) is 3.67. The van der Waals surface area contributed by atoms with Crippen molar-refractivity contribution in [3.8, 4) is 0 Å². The molecule has 4 aromatic heterocycles. The van der Waals surface area contributed by atoms with Gasteiger partial charge in [0.05, 0.1) is 22.8 Å². The lowest BCUT2D eigenvalue weighted by Gasteiger charge is -2.08. The van der Waals surface area contributed by atoms with E-state index in [-0.39, 0.29) is 18.0 Å². The molecule has 1 amide bonds. The van der Waals surface area contributed by atoms with E-state index in [1.165, 1.54) is 21.5 Å². The minimum Gasteiger partial charge on any atom is -0.323 e. The van der Waals surface area contributed by atoms with Crippen molar-refractivity contribution in [2.24, 2.45) is 0 Å². The predicted molar refractivity (Wildman–Crippen MR) is 90.2 cm³/mol. The van der Waals surface area contributed by atoms with Crippen LogP contribution in [0.3, 0.4) is 0 Å². The first-order valence-corrected chi connectivity index (χ1v) is 7.53. The topological polar surface area (TPSA) is 107 Å². The van der Waals surface area contributed by atoms with Gasteiger partial charge in [0.25, 0.3) is 11.3 Å². The van der Waals surface area contributed by atoms with Crippen molar-refractivity contribution in [2.75, 3.05) is 5.32 Å². The van der Waals surface area contributed by atoms with Crippen LogP contribution in [-0.2, 0) is 11.3 Å². The molecule has 0 aliphatic rings.